The lowest BCUT2D eigenvalue weighted by atomic mass is 10.0. The van der Waals surface area contributed by atoms with Crippen molar-refractivity contribution >= 4 is 0 Å². The first-order valence-electron chi connectivity index (χ1n) is 6.35. The van der Waals surface area contributed by atoms with E-state index in [-0.39, 0.29) is 6.10 Å². The molecule has 0 bridgehead atoms. The molecule has 1 aromatic heterocycles. The van der Waals surface area contributed by atoms with Gasteiger partial charge in [0.1, 0.15) is 5.82 Å². The fourth-order valence-electron chi connectivity index (χ4n) is 1.99. The van der Waals surface area contributed by atoms with Crippen LogP contribution in [0.2, 0.25) is 0 Å². The maximum Gasteiger partial charge on any atom is 0.110 e. The molecule has 0 amide bonds. The zero-order chi connectivity index (χ0) is 13.0. The molecule has 0 aliphatic rings. The van der Waals surface area contributed by atoms with Crippen LogP contribution in [0.3, 0.4) is 0 Å². The van der Waals surface area contributed by atoms with Crippen molar-refractivity contribution in [3.05, 3.63) is 53.6 Å². The molecule has 1 unspecified atom stereocenters. The topological polar surface area (TPSA) is 38.1 Å². The number of aromatic nitrogens is 2. The van der Waals surface area contributed by atoms with E-state index in [4.69, 9.17) is 0 Å². The molecule has 3 nitrogen and oxygen atoms in total. The molecule has 1 N–H and O–H groups in total. The van der Waals surface area contributed by atoms with Crippen molar-refractivity contribution in [1.82, 2.24) is 9.55 Å². The molecule has 0 spiro atoms. The van der Waals surface area contributed by atoms with E-state index in [0.29, 0.717) is 6.42 Å². The van der Waals surface area contributed by atoms with Gasteiger partial charge in [-0.1, -0.05) is 29.8 Å². The summed E-state index contributed by atoms with van der Waals surface area (Å²) in [5.41, 5.74) is 2.55. The minimum atomic E-state index is -0.326. The molecule has 2 aromatic rings. The highest BCUT2D eigenvalue weighted by Gasteiger charge is 2.09. The first kappa shape index (κ1) is 12.8. The van der Waals surface area contributed by atoms with Crippen LogP contribution < -0.4 is 0 Å². The maximum atomic E-state index is 10.0. The predicted octanol–water partition coefficient (Wildman–Crippen LogP) is 2.26. The smallest absolute Gasteiger partial charge is 0.110 e. The van der Waals surface area contributed by atoms with Crippen LogP contribution >= 0.6 is 0 Å². The maximum absolute atomic E-state index is 10.0. The summed E-state index contributed by atoms with van der Waals surface area (Å²) in [6, 6.07) is 8.48. The van der Waals surface area contributed by atoms with Crippen LogP contribution in [-0.4, -0.2) is 20.8 Å². The molecule has 96 valence electrons. The van der Waals surface area contributed by atoms with Crippen molar-refractivity contribution in [2.45, 2.75) is 32.3 Å². The second-order valence-corrected chi connectivity index (χ2v) is 4.84. The Morgan fingerprint density at radius 2 is 2.00 bits per heavy atom. The second-order valence-electron chi connectivity index (χ2n) is 4.84. The van der Waals surface area contributed by atoms with Gasteiger partial charge in [0.15, 0.2) is 0 Å². The van der Waals surface area contributed by atoms with Crippen molar-refractivity contribution in [3.63, 3.8) is 0 Å². The van der Waals surface area contributed by atoms with Gasteiger partial charge >= 0.3 is 0 Å². The van der Waals surface area contributed by atoms with E-state index < -0.39 is 0 Å². The normalized spacial score (nSPS) is 12.6. The average Bonchev–Trinajstić information content (AvgIpc) is 2.74. The van der Waals surface area contributed by atoms with Crippen LogP contribution in [0.4, 0.5) is 0 Å². The summed E-state index contributed by atoms with van der Waals surface area (Å²) in [6.45, 7) is 2.08. The van der Waals surface area contributed by atoms with E-state index in [2.05, 4.69) is 36.2 Å². The van der Waals surface area contributed by atoms with Crippen LogP contribution in [-0.2, 0) is 19.9 Å². The predicted molar refractivity (Wildman–Crippen MR) is 72.4 cm³/mol. The van der Waals surface area contributed by atoms with Crippen LogP contribution in [0.5, 0.6) is 0 Å². The summed E-state index contributed by atoms with van der Waals surface area (Å²) in [6.07, 6.45) is 5.65. The Morgan fingerprint density at radius 3 is 2.61 bits per heavy atom. The van der Waals surface area contributed by atoms with Gasteiger partial charge in [0, 0.05) is 25.9 Å². The summed E-state index contributed by atoms with van der Waals surface area (Å²) in [4.78, 5) is 4.23. The molecule has 1 atom stereocenters. The minimum Gasteiger partial charge on any atom is -0.393 e. The lowest BCUT2D eigenvalue weighted by Crippen LogP contribution is -2.14. The Bertz CT molecular complexity index is 487. The molecule has 3 heteroatoms. The molecule has 0 aliphatic heterocycles. The molecular weight excluding hydrogens is 224 g/mol. The average molecular weight is 244 g/mol. The van der Waals surface area contributed by atoms with Gasteiger partial charge < -0.3 is 9.67 Å². The van der Waals surface area contributed by atoms with E-state index in [9.17, 15) is 5.11 Å². The Balaban J connectivity index is 1.83. The quantitative estimate of drug-likeness (QED) is 0.876. The summed E-state index contributed by atoms with van der Waals surface area (Å²) < 4.78 is 1.95. The number of imidazole rings is 1. The number of aliphatic hydroxyl groups excluding tert-OH is 1. The van der Waals surface area contributed by atoms with Gasteiger partial charge in [0.2, 0.25) is 0 Å². The molecule has 0 aliphatic carbocycles. The van der Waals surface area contributed by atoms with Gasteiger partial charge in [-0.15, -0.1) is 0 Å². The molecular formula is C15H20N2O. The van der Waals surface area contributed by atoms with Crippen molar-refractivity contribution < 1.29 is 5.11 Å². The van der Waals surface area contributed by atoms with Gasteiger partial charge in [-0.05, 0) is 25.3 Å². The number of hydrogen-bond acceptors (Lipinski definition) is 2. The van der Waals surface area contributed by atoms with Crippen molar-refractivity contribution in [1.29, 1.82) is 0 Å². The van der Waals surface area contributed by atoms with Gasteiger partial charge in [-0.25, -0.2) is 4.98 Å². The van der Waals surface area contributed by atoms with E-state index in [1.807, 2.05) is 17.8 Å². The number of hydrogen-bond donors (Lipinski definition) is 1. The number of benzene rings is 1. The molecule has 0 saturated heterocycles. The molecule has 0 fully saturated rings. The van der Waals surface area contributed by atoms with Crippen LogP contribution in [0.25, 0.3) is 0 Å². The zero-order valence-corrected chi connectivity index (χ0v) is 11.0. The van der Waals surface area contributed by atoms with E-state index in [0.717, 1.165) is 18.7 Å². The first-order valence-corrected chi connectivity index (χ1v) is 6.35. The fourth-order valence-corrected chi connectivity index (χ4v) is 1.99. The van der Waals surface area contributed by atoms with E-state index in [1.165, 1.54) is 11.1 Å². The standard InChI is InChI=1S/C15H20N2O/c1-12-3-5-13(6-4-12)7-8-14(18)11-15-16-9-10-17(15)2/h3-6,9-10,14,18H,7-8,11H2,1-2H3. The monoisotopic (exact) mass is 244 g/mol. The van der Waals surface area contributed by atoms with Gasteiger partial charge in [-0.3, -0.25) is 0 Å². The van der Waals surface area contributed by atoms with E-state index in [1.54, 1.807) is 6.20 Å². The summed E-state index contributed by atoms with van der Waals surface area (Å²) in [7, 11) is 1.95. The Morgan fingerprint density at radius 1 is 1.28 bits per heavy atom. The van der Waals surface area contributed by atoms with Gasteiger partial charge in [-0.2, -0.15) is 0 Å². The highest BCUT2D eigenvalue weighted by atomic mass is 16.3. The second kappa shape index (κ2) is 5.83. The Kier molecular flexibility index (Phi) is 4.15. The summed E-state index contributed by atoms with van der Waals surface area (Å²) in [5.74, 6) is 0.936. The molecule has 1 aromatic carbocycles. The molecule has 0 radical (unpaired) electrons. The number of rotatable bonds is 5. The Hall–Kier alpha value is -1.61. The van der Waals surface area contributed by atoms with Crippen LogP contribution in [0.15, 0.2) is 36.7 Å². The SMILES string of the molecule is Cc1ccc(CCC(O)Cc2nccn2C)cc1. The summed E-state index contributed by atoms with van der Waals surface area (Å²) in [5, 5.41) is 10.0. The minimum absolute atomic E-state index is 0.326. The molecule has 18 heavy (non-hydrogen) atoms. The summed E-state index contributed by atoms with van der Waals surface area (Å²) >= 11 is 0. The highest BCUT2D eigenvalue weighted by molar-refractivity contribution is 5.21. The molecule has 2 rings (SSSR count). The third kappa shape index (κ3) is 3.44. The lowest BCUT2D eigenvalue weighted by Gasteiger charge is -2.10. The van der Waals surface area contributed by atoms with Gasteiger partial charge in [0.25, 0.3) is 0 Å². The van der Waals surface area contributed by atoms with Crippen LogP contribution in [0, 0.1) is 6.92 Å². The number of nitrogens with zero attached hydrogens (tertiary/aromatic N) is 2. The van der Waals surface area contributed by atoms with Crippen molar-refractivity contribution in [3.8, 4) is 0 Å². The van der Waals surface area contributed by atoms with Crippen molar-refractivity contribution in [2.24, 2.45) is 7.05 Å². The zero-order valence-electron chi connectivity index (χ0n) is 11.0. The Labute approximate surface area is 108 Å². The number of aryl methyl sites for hydroxylation is 3. The van der Waals surface area contributed by atoms with Gasteiger partial charge in [0.05, 0.1) is 6.10 Å². The molecule has 0 saturated carbocycles. The molecule has 1 heterocycles. The number of aliphatic hydroxyl groups is 1. The fraction of sp³-hybridized carbons (Fsp3) is 0.400. The van der Waals surface area contributed by atoms with E-state index >= 15 is 0 Å². The lowest BCUT2D eigenvalue weighted by molar-refractivity contribution is 0.162. The van der Waals surface area contributed by atoms with Crippen molar-refractivity contribution in [2.75, 3.05) is 0 Å². The largest absolute Gasteiger partial charge is 0.393 e. The third-order valence-corrected chi connectivity index (χ3v) is 3.23. The first-order chi connectivity index (χ1) is 8.65. The third-order valence-electron chi connectivity index (χ3n) is 3.23. The van der Waals surface area contributed by atoms with Crippen LogP contribution in [0.1, 0.15) is 23.4 Å². The highest BCUT2D eigenvalue weighted by Crippen LogP contribution is 2.10.